The third kappa shape index (κ3) is 2.44. The van der Waals surface area contributed by atoms with Gasteiger partial charge in [-0.25, -0.2) is 4.98 Å². The van der Waals surface area contributed by atoms with Crippen LogP contribution in [0.5, 0.6) is 0 Å². The first-order chi connectivity index (χ1) is 7.44. The Morgan fingerprint density at radius 2 is 2.12 bits per heavy atom. The molecular formula is C10H10F3N3. The van der Waals surface area contributed by atoms with Crippen LogP contribution in [-0.2, 0) is 0 Å². The second kappa shape index (κ2) is 3.70. The monoisotopic (exact) mass is 229 g/mol. The molecule has 0 amide bonds. The molecule has 0 spiro atoms. The van der Waals surface area contributed by atoms with Gasteiger partial charge < -0.3 is 10.3 Å². The zero-order chi connectivity index (χ0) is 11.8. The molecule has 0 saturated heterocycles. The summed E-state index contributed by atoms with van der Waals surface area (Å²) in [5, 5.41) is 2.20. The summed E-state index contributed by atoms with van der Waals surface area (Å²) in [4.78, 5) is 6.78. The number of aromatic nitrogens is 2. The van der Waals surface area contributed by atoms with Crippen molar-refractivity contribution in [3.8, 4) is 0 Å². The molecule has 6 heteroatoms. The van der Waals surface area contributed by atoms with Gasteiger partial charge in [0.15, 0.2) is 0 Å². The largest absolute Gasteiger partial charge is 0.405 e. The van der Waals surface area contributed by atoms with Gasteiger partial charge in [-0.1, -0.05) is 6.07 Å². The molecule has 0 aliphatic rings. The summed E-state index contributed by atoms with van der Waals surface area (Å²) in [7, 11) is 0. The molecule has 2 aromatic rings. The van der Waals surface area contributed by atoms with E-state index in [0.29, 0.717) is 5.52 Å². The number of fused-ring (bicyclic) bond motifs is 1. The van der Waals surface area contributed by atoms with Crippen molar-refractivity contribution in [1.29, 1.82) is 0 Å². The van der Waals surface area contributed by atoms with Gasteiger partial charge in [-0.3, -0.25) is 0 Å². The Kier molecular flexibility index (Phi) is 2.49. The molecule has 0 fully saturated rings. The smallest absolute Gasteiger partial charge is 0.347 e. The highest BCUT2D eigenvalue weighted by atomic mass is 19.4. The molecule has 1 aromatic carbocycles. The Labute approximate surface area is 89.7 Å². The number of benzene rings is 1. The van der Waals surface area contributed by atoms with Crippen LogP contribution in [0.2, 0.25) is 0 Å². The van der Waals surface area contributed by atoms with Crippen LogP contribution in [0.3, 0.4) is 0 Å². The van der Waals surface area contributed by atoms with Crippen LogP contribution < -0.4 is 5.32 Å². The van der Waals surface area contributed by atoms with E-state index >= 15 is 0 Å². The predicted molar refractivity (Wildman–Crippen MR) is 55.4 cm³/mol. The fourth-order valence-corrected chi connectivity index (χ4v) is 1.39. The van der Waals surface area contributed by atoms with Crippen LogP contribution in [-0.4, -0.2) is 22.7 Å². The van der Waals surface area contributed by atoms with Crippen LogP contribution in [0, 0.1) is 6.92 Å². The third-order valence-electron chi connectivity index (χ3n) is 2.09. The molecule has 1 heterocycles. The van der Waals surface area contributed by atoms with Crippen LogP contribution >= 0.6 is 0 Å². The van der Waals surface area contributed by atoms with Crippen molar-refractivity contribution in [2.75, 3.05) is 11.9 Å². The molecule has 0 bridgehead atoms. The zero-order valence-electron chi connectivity index (χ0n) is 8.52. The van der Waals surface area contributed by atoms with Gasteiger partial charge in [0.05, 0.1) is 11.0 Å². The Morgan fingerprint density at radius 1 is 1.38 bits per heavy atom. The summed E-state index contributed by atoms with van der Waals surface area (Å²) in [6.45, 7) is 0.814. The number of H-pyrrole nitrogens is 1. The lowest BCUT2D eigenvalue weighted by atomic mass is 10.2. The van der Waals surface area contributed by atoms with Gasteiger partial charge in [0, 0.05) is 0 Å². The Bertz CT molecular complexity index is 501. The molecule has 0 aliphatic heterocycles. The molecule has 2 rings (SSSR count). The van der Waals surface area contributed by atoms with Crippen molar-refractivity contribution in [2.45, 2.75) is 13.1 Å². The van der Waals surface area contributed by atoms with Gasteiger partial charge in [0.2, 0.25) is 5.95 Å². The minimum Gasteiger partial charge on any atom is -0.347 e. The number of nitrogens with one attached hydrogen (secondary N) is 2. The standard InChI is InChI=1S/C10H10F3N3/c1-6-2-3-7-8(4-6)16-9(15-7)14-5-10(11,12)13/h2-4H,5H2,1H3,(H2,14,15,16). The Morgan fingerprint density at radius 3 is 2.81 bits per heavy atom. The van der Waals surface area contributed by atoms with Gasteiger partial charge in [0.1, 0.15) is 6.54 Å². The van der Waals surface area contributed by atoms with E-state index in [4.69, 9.17) is 0 Å². The maximum atomic E-state index is 12.0. The molecule has 0 atom stereocenters. The van der Waals surface area contributed by atoms with Gasteiger partial charge in [0.25, 0.3) is 0 Å². The van der Waals surface area contributed by atoms with E-state index in [1.54, 1.807) is 6.07 Å². The number of hydrogen-bond acceptors (Lipinski definition) is 2. The van der Waals surface area contributed by atoms with Crippen molar-refractivity contribution in [2.24, 2.45) is 0 Å². The SMILES string of the molecule is Cc1ccc2nc(NCC(F)(F)F)[nH]c2c1. The summed E-state index contributed by atoms with van der Waals surface area (Å²) in [6, 6.07) is 5.46. The van der Waals surface area contributed by atoms with Crippen molar-refractivity contribution in [1.82, 2.24) is 9.97 Å². The van der Waals surface area contributed by atoms with Crippen LogP contribution in [0.15, 0.2) is 18.2 Å². The Hall–Kier alpha value is -1.72. The minimum atomic E-state index is -4.24. The van der Waals surface area contributed by atoms with E-state index in [0.717, 1.165) is 11.1 Å². The first kappa shape index (κ1) is 10.8. The molecule has 16 heavy (non-hydrogen) atoms. The number of hydrogen-bond donors (Lipinski definition) is 2. The Balaban J connectivity index is 2.20. The average molecular weight is 229 g/mol. The third-order valence-corrected chi connectivity index (χ3v) is 2.09. The summed E-state index contributed by atoms with van der Waals surface area (Å²) < 4.78 is 35.9. The molecule has 86 valence electrons. The van der Waals surface area contributed by atoms with Crippen molar-refractivity contribution in [3.05, 3.63) is 23.8 Å². The quantitative estimate of drug-likeness (QED) is 0.831. The number of aryl methyl sites for hydroxylation is 1. The average Bonchev–Trinajstić information content (AvgIpc) is 2.55. The van der Waals surface area contributed by atoms with E-state index in [9.17, 15) is 13.2 Å². The fourth-order valence-electron chi connectivity index (χ4n) is 1.39. The van der Waals surface area contributed by atoms with Crippen LogP contribution in [0.25, 0.3) is 11.0 Å². The van der Waals surface area contributed by atoms with Gasteiger partial charge in [-0.05, 0) is 24.6 Å². The van der Waals surface area contributed by atoms with E-state index in [1.165, 1.54) is 0 Å². The molecule has 2 N–H and O–H groups in total. The normalized spacial score (nSPS) is 12.0. The van der Waals surface area contributed by atoms with Crippen molar-refractivity contribution in [3.63, 3.8) is 0 Å². The minimum absolute atomic E-state index is 0.137. The highest BCUT2D eigenvalue weighted by Crippen LogP contribution is 2.18. The number of anilines is 1. The number of alkyl halides is 3. The molecule has 1 aromatic heterocycles. The summed E-state index contributed by atoms with van der Waals surface area (Å²) >= 11 is 0. The first-order valence-corrected chi connectivity index (χ1v) is 4.71. The lowest BCUT2D eigenvalue weighted by Gasteiger charge is -2.05. The molecule has 0 unspecified atom stereocenters. The fraction of sp³-hybridized carbons (Fsp3) is 0.300. The zero-order valence-corrected chi connectivity index (χ0v) is 8.52. The molecular weight excluding hydrogens is 219 g/mol. The van der Waals surface area contributed by atoms with Gasteiger partial charge in [-0.2, -0.15) is 13.2 Å². The molecule has 0 radical (unpaired) electrons. The summed E-state index contributed by atoms with van der Waals surface area (Å²) in [5.41, 5.74) is 2.40. The maximum Gasteiger partial charge on any atom is 0.405 e. The number of nitrogens with zero attached hydrogens (tertiary/aromatic N) is 1. The van der Waals surface area contributed by atoms with E-state index in [1.807, 2.05) is 19.1 Å². The van der Waals surface area contributed by atoms with Crippen molar-refractivity contribution >= 4 is 17.0 Å². The van der Waals surface area contributed by atoms with Crippen LogP contribution in [0.1, 0.15) is 5.56 Å². The van der Waals surface area contributed by atoms with Crippen LogP contribution in [0.4, 0.5) is 19.1 Å². The first-order valence-electron chi connectivity index (χ1n) is 4.71. The highest BCUT2D eigenvalue weighted by Gasteiger charge is 2.27. The molecule has 0 saturated carbocycles. The molecule has 0 aliphatic carbocycles. The van der Waals surface area contributed by atoms with Gasteiger partial charge in [-0.15, -0.1) is 0 Å². The number of halogens is 3. The van der Waals surface area contributed by atoms with E-state index < -0.39 is 12.7 Å². The summed E-state index contributed by atoms with van der Waals surface area (Å²) in [6.07, 6.45) is -4.24. The number of rotatable bonds is 2. The van der Waals surface area contributed by atoms with Crippen molar-refractivity contribution < 1.29 is 13.2 Å². The number of aromatic amines is 1. The molecule has 3 nitrogen and oxygen atoms in total. The van der Waals surface area contributed by atoms with E-state index in [-0.39, 0.29) is 5.95 Å². The lowest BCUT2D eigenvalue weighted by Crippen LogP contribution is -2.21. The second-order valence-corrected chi connectivity index (χ2v) is 3.57. The highest BCUT2D eigenvalue weighted by molar-refractivity contribution is 5.78. The maximum absolute atomic E-state index is 12.0. The van der Waals surface area contributed by atoms with Gasteiger partial charge >= 0.3 is 6.18 Å². The second-order valence-electron chi connectivity index (χ2n) is 3.57. The summed E-state index contributed by atoms with van der Waals surface area (Å²) in [5.74, 6) is 0.137. The lowest BCUT2D eigenvalue weighted by molar-refractivity contribution is -0.115. The number of imidazole rings is 1. The predicted octanol–water partition coefficient (Wildman–Crippen LogP) is 2.85. The van der Waals surface area contributed by atoms with E-state index in [2.05, 4.69) is 15.3 Å². The topological polar surface area (TPSA) is 40.7 Å².